The molecule has 0 radical (unpaired) electrons. The summed E-state index contributed by atoms with van der Waals surface area (Å²) in [6, 6.07) is 0. The average molecular weight is 876 g/mol. The lowest BCUT2D eigenvalue weighted by Gasteiger charge is -2.37. The van der Waals surface area contributed by atoms with Gasteiger partial charge in [0.05, 0.1) is 25.2 Å². The molecule has 0 bridgehead atoms. The summed E-state index contributed by atoms with van der Waals surface area (Å²) in [5, 5.41) is 0. The Bertz CT molecular complexity index is 1250. The molecular weight excluding hydrogens is 787 g/mol. The summed E-state index contributed by atoms with van der Waals surface area (Å²) >= 11 is 0. The SMILES string of the molecule is CC/C=C\CC1C(CC(=O)OCCC(CCCCCCCC)OC(=O)CCCCC(COC(=O)CCCCC)COC(=O)CCCCC)CCC1OC(=O)C1(C)CCN(C)CC1. The molecule has 2 rings (SSSR count). The Morgan fingerprint density at radius 2 is 1.21 bits per heavy atom. The number of hydrogen-bond acceptors (Lipinski definition) is 11. The van der Waals surface area contributed by atoms with Crippen molar-refractivity contribution < 1.29 is 47.7 Å². The zero-order valence-electron chi connectivity index (χ0n) is 40.2. The highest BCUT2D eigenvalue weighted by Crippen LogP contribution is 2.41. The summed E-state index contributed by atoms with van der Waals surface area (Å²) in [5.74, 6) is -1.08. The van der Waals surface area contributed by atoms with E-state index in [4.69, 9.17) is 23.7 Å². The van der Waals surface area contributed by atoms with Gasteiger partial charge in [-0.3, -0.25) is 24.0 Å². The van der Waals surface area contributed by atoms with E-state index in [-0.39, 0.29) is 92.5 Å². The van der Waals surface area contributed by atoms with Crippen LogP contribution in [0.2, 0.25) is 0 Å². The molecule has 0 aromatic heterocycles. The highest BCUT2D eigenvalue weighted by Gasteiger charge is 2.43. The molecule has 62 heavy (non-hydrogen) atoms. The molecule has 2 aliphatic rings. The molecule has 0 spiro atoms. The monoisotopic (exact) mass is 876 g/mol. The molecule has 4 unspecified atom stereocenters. The van der Waals surface area contributed by atoms with E-state index in [1.165, 1.54) is 19.3 Å². The Labute approximate surface area is 376 Å². The molecule has 11 nitrogen and oxygen atoms in total. The number of carbonyl (C=O) groups is 5. The number of likely N-dealkylation sites (tertiary alicyclic amines) is 1. The van der Waals surface area contributed by atoms with E-state index in [0.29, 0.717) is 38.5 Å². The molecule has 358 valence electrons. The van der Waals surface area contributed by atoms with Crippen molar-refractivity contribution >= 4 is 29.8 Å². The largest absolute Gasteiger partial charge is 0.466 e. The molecule has 11 heteroatoms. The van der Waals surface area contributed by atoms with Crippen LogP contribution in [0.1, 0.15) is 208 Å². The molecule has 1 saturated carbocycles. The lowest BCUT2D eigenvalue weighted by Crippen LogP contribution is -2.43. The first-order valence-corrected chi connectivity index (χ1v) is 25.1. The fourth-order valence-corrected chi connectivity index (χ4v) is 8.63. The van der Waals surface area contributed by atoms with Gasteiger partial charge in [0.1, 0.15) is 12.2 Å². The van der Waals surface area contributed by atoms with Gasteiger partial charge in [-0.1, -0.05) is 104 Å². The van der Waals surface area contributed by atoms with E-state index in [0.717, 1.165) is 116 Å². The predicted molar refractivity (Wildman–Crippen MR) is 245 cm³/mol. The van der Waals surface area contributed by atoms with Crippen molar-refractivity contribution in [1.29, 1.82) is 0 Å². The van der Waals surface area contributed by atoms with Gasteiger partial charge in [-0.15, -0.1) is 0 Å². The van der Waals surface area contributed by atoms with Crippen molar-refractivity contribution in [2.75, 3.05) is 40.0 Å². The average Bonchev–Trinajstić information content (AvgIpc) is 3.62. The van der Waals surface area contributed by atoms with E-state index in [1.54, 1.807) is 0 Å². The third-order valence-corrected chi connectivity index (χ3v) is 13.0. The second-order valence-corrected chi connectivity index (χ2v) is 18.7. The van der Waals surface area contributed by atoms with Crippen LogP contribution in [0.3, 0.4) is 0 Å². The summed E-state index contributed by atoms with van der Waals surface area (Å²) in [4.78, 5) is 66.8. The van der Waals surface area contributed by atoms with E-state index >= 15 is 0 Å². The van der Waals surface area contributed by atoms with Crippen molar-refractivity contribution in [3.05, 3.63) is 12.2 Å². The van der Waals surface area contributed by atoms with Gasteiger partial charge in [-0.25, -0.2) is 0 Å². The van der Waals surface area contributed by atoms with Gasteiger partial charge in [0, 0.05) is 43.9 Å². The number of esters is 5. The highest BCUT2D eigenvalue weighted by molar-refractivity contribution is 5.77. The van der Waals surface area contributed by atoms with Crippen LogP contribution in [0.5, 0.6) is 0 Å². The van der Waals surface area contributed by atoms with E-state index in [2.05, 4.69) is 51.8 Å². The van der Waals surface area contributed by atoms with Crippen LogP contribution in [0.25, 0.3) is 0 Å². The van der Waals surface area contributed by atoms with E-state index < -0.39 is 5.41 Å². The van der Waals surface area contributed by atoms with Gasteiger partial charge in [-0.05, 0) is 110 Å². The topological polar surface area (TPSA) is 135 Å². The Morgan fingerprint density at radius 1 is 0.645 bits per heavy atom. The Morgan fingerprint density at radius 3 is 1.84 bits per heavy atom. The minimum absolute atomic E-state index is 0.0667. The number of hydrogen-bond donors (Lipinski definition) is 0. The number of piperidine rings is 1. The zero-order chi connectivity index (χ0) is 45.4. The first kappa shape index (κ1) is 55.2. The summed E-state index contributed by atoms with van der Waals surface area (Å²) in [6.07, 6.45) is 25.4. The minimum Gasteiger partial charge on any atom is -0.466 e. The fourth-order valence-electron chi connectivity index (χ4n) is 8.63. The van der Waals surface area contributed by atoms with Crippen molar-refractivity contribution in [3.8, 4) is 0 Å². The Kier molecular flexibility index (Phi) is 29.9. The standard InChI is InChI=1S/C51H89NO10/c1-7-11-15-16-17-21-25-43(61-48(55)29-23-22-24-41(39-59-46(53)27-19-13-9-3)40-60-47(54)28-20-14-10-4)32-37-58-49(56)38-42-30-31-45(44(42)26-18-12-8-2)62-50(57)51(5)33-35-52(6)36-34-51/h12,18,41-45H,7-11,13-17,19-40H2,1-6H3/b18-12-. The molecule has 0 amide bonds. The van der Waals surface area contributed by atoms with Gasteiger partial charge in [-0.2, -0.15) is 0 Å². The van der Waals surface area contributed by atoms with Crippen molar-refractivity contribution in [2.45, 2.75) is 220 Å². The van der Waals surface area contributed by atoms with Crippen molar-refractivity contribution in [1.82, 2.24) is 4.90 Å². The molecular formula is C51H89NO10. The second kappa shape index (κ2) is 33.5. The second-order valence-electron chi connectivity index (χ2n) is 18.7. The van der Waals surface area contributed by atoms with Gasteiger partial charge >= 0.3 is 29.8 Å². The smallest absolute Gasteiger partial charge is 0.312 e. The number of carbonyl (C=O) groups excluding carboxylic acids is 5. The van der Waals surface area contributed by atoms with Gasteiger partial charge in [0.15, 0.2) is 0 Å². The number of ether oxygens (including phenoxy) is 5. The molecule has 1 aliphatic heterocycles. The number of rotatable bonds is 35. The van der Waals surface area contributed by atoms with Gasteiger partial charge in [0.2, 0.25) is 0 Å². The molecule has 4 atom stereocenters. The number of unbranched alkanes of at least 4 members (excludes halogenated alkanes) is 10. The maximum atomic E-state index is 13.5. The first-order chi connectivity index (χ1) is 29.9. The molecule has 0 N–H and O–H groups in total. The van der Waals surface area contributed by atoms with Crippen LogP contribution in [0.4, 0.5) is 0 Å². The Hall–Kier alpha value is -2.95. The molecule has 0 aromatic rings. The third-order valence-electron chi connectivity index (χ3n) is 13.0. The first-order valence-electron chi connectivity index (χ1n) is 25.1. The van der Waals surface area contributed by atoms with Crippen LogP contribution in [-0.4, -0.2) is 86.9 Å². The maximum absolute atomic E-state index is 13.5. The van der Waals surface area contributed by atoms with Crippen LogP contribution in [-0.2, 0) is 47.7 Å². The lowest BCUT2D eigenvalue weighted by atomic mass is 9.80. The summed E-state index contributed by atoms with van der Waals surface area (Å²) in [6.45, 7) is 12.8. The highest BCUT2D eigenvalue weighted by atomic mass is 16.6. The lowest BCUT2D eigenvalue weighted by molar-refractivity contribution is -0.165. The van der Waals surface area contributed by atoms with E-state index in [1.807, 2.05) is 6.92 Å². The van der Waals surface area contributed by atoms with Crippen LogP contribution in [0, 0.1) is 23.2 Å². The van der Waals surface area contributed by atoms with Crippen molar-refractivity contribution in [3.63, 3.8) is 0 Å². The van der Waals surface area contributed by atoms with E-state index in [9.17, 15) is 24.0 Å². The molecule has 1 aliphatic carbocycles. The predicted octanol–water partition coefficient (Wildman–Crippen LogP) is 11.4. The minimum atomic E-state index is -0.470. The maximum Gasteiger partial charge on any atom is 0.312 e. The zero-order valence-corrected chi connectivity index (χ0v) is 40.2. The summed E-state index contributed by atoms with van der Waals surface area (Å²) < 4.78 is 29.2. The normalized spacial score (nSPS) is 19.4. The number of allylic oxidation sites excluding steroid dienone is 2. The third kappa shape index (κ3) is 24.2. The van der Waals surface area contributed by atoms with Gasteiger partial charge < -0.3 is 28.6 Å². The van der Waals surface area contributed by atoms with Crippen LogP contribution in [0.15, 0.2) is 12.2 Å². The van der Waals surface area contributed by atoms with Gasteiger partial charge in [0.25, 0.3) is 0 Å². The van der Waals surface area contributed by atoms with Crippen LogP contribution < -0.4 is 0 Å². The molecule has 0 aromatic carbocycles. The summed E-state index contributed by atoms with van der Waals surface area (Å²) in [5.41, 5.74) is -0.470. The molecule has 2 fully saturated rings. The molecule has 1 saturated heterocycles. The van der Waals surface area contributed by atoms with Crippen molar-refractivity contribution in [2.24, 2.45) is 23.2 Å². The van der Waals surface area contributed by atoms with Crippen LogP contribution >= 0.6 is 0 Å². The fraction of sp³-hybridized carbons (Fsp3) is 0.863. The summed E-state index contributed by atoms with van der Waals surface area (Å²) in [7, 11) is 2.09. The quantitative estimate of drug-likeness (QED) is 0.0261. The molecule has 1 heterocycles. The Balaban J connectivity index is 1.91. The number of nitrogens with zero attached hydrogens (tertiary/aromatic N) is 1.